The van der Waals surface area contributed by atoms with E-state index < -0.39 is 5.97 Å². The van der Waals surface area contributed by atoms with Gasteiger partial charge in [-0.3, -0.25) is 4.79 Å². The molecule has 0 aliphatic carbocycles. The summed E-state index contributed by atoms with van der Waals surface area (Å²) < 4.78 is 5.15. The minimum absolute atomic E-state index is 0.0336. The van der Waals surface area contributed by atoms with Gasteiger partial charge in [0.15, 0.2) is 6.04 Å². The van der Waals surface area contributed by atoms with E-state index in [9.17, 15) is 9.59 Å². The van der Waals surface area contributed by atoms with Gasteiger partial charge >= 0.3 is 5.97 Å². The highest BCUT2D eigenvalue weighted by molar-refractivity contribution is 6.09. The molecule has 1 heterocycles. The number of hydrogen-bond acceptors (Lipinski definition) is 3. The molecule has 0 aliphatic heterocycles. The lowest BCUT2D eigenvalue weighted by molar-refractivity contribution is -0.874. The molecule has 25 heavy (non-hydrogen) atoms. The summed E-state index contributed by atoms with van der Waals surface area (Å²) in [7, 11) is 3.93. The molecule has 0 saturated carbocycles. The molecule has 0 fully saturated rings. The number of aryl methyl sites for hydroxylation is 2. The number of esters is 1. The first-order valence-corrected chi connectivity index (χ1v) is 8.61. The predicted molar refractivity (Wildman–Crippen MR) is 97.3 cm³/mol. The largest absolute Gasteiger partial charge is 0.462 e. The summed E-state index contributed by atoms with van der Waals surface area (Å²) in [5.74, 6) is -0.478. The first-order valence-electron chi connectivity index (χ1n) is 8.61. The molecular weight excluding hydrogens is 316 g/mol. The van der Waals surface area contributed by atoms with E-state index in [-0.39, 0.29) is 18.4 Å². The molecule has 1 aromatic carbocycles. The van der Waals surface area contributed by atoms with Crippen molar-refractivity contribution >= 4 is 11.8 Å². The number of hydrogen-bond donors (Lipinski definition) is 2. The number of carbonyl (C=O) groups is 2. The minimum Gasteiger partial charge on any atom is -0.462 e. The van der Waals surface area contributed by atoms with E-state index in [0.717, 1.165) is 10.5 Å². The Kier molecular flexibility index (Phi) is 6.15. The van der Waals surface area contributed by atoms with Gasteiger partial charge < -0.3 is 14.6 Å². The summed E-state index contributed by atoms with van der Waals surface area (Å²) in [6.45, 7) is 5.66. The molecule has 0 amide bonds. The van der Waals surface area contributed by atoms with E-state index in [0.29, 0.717) is 28.9 Å². The van der Waals surface area contributed by atoms with Crippen LogP contribution in [-0.4, -0.2) is 43.5 Å². The van der Waals surface area contributed by atoms with E-state index in [4.69, 9.17) is 4.74 Å². The van der Waals surface area contributed by atoms with Crippen LogP contribution in [0, 0.1) is 13.8 Å². The minimum atomic E-state index is -0.445. The van der Waals surface area contributed by atoms with Crippen LogP contribution in [0.2, 0.25) is 0 Å². The van der Waals surface area contributed by atoms with Gasteiger partial charge in [0.05, 0.1) is 31.8 Å². The van der Waals surface area contributed by atoms with E-state index in [1.807, 2.05) is 51.4 Å². The van der Waals surface area contributed by atoms with Gasteiger partial charge in [0.1, 0.15) is 0 Å². The van der Waals surface area contributed by atoms with E-state index in [2.05, 4.69) is 4.98 Å². The Morgan fingerprint density at radius 3 is 2.24 bits per heavy atom. The standard InChI is InChI=1S/C20H26N2O3/c1-6-25-20(24)18-14(3)21-13(2)17(18)19(23)16(22(4)5)12-15-10-8-7-9-11-15/h7-11,16,21H,6,12H2,1-5H3/p+1/t16-/m0/s1. The van der Waals surface area contributed by atoms with E-state index in [1.54, 1.807) is 13.8 Å². The molecule has 1 atom stereocenters. The van der Waals surface area contributed by atoms with Crippen LogP contribution in [0.5, 0.6) is 0 Å². The number of carbonyl (C=O) groups excluding carboxylic acids is 2. The van der Waals surface area contributed by atoms with Crippen molar-refractivity contribution in [2.45, 2.75) is 33.2 Å². The molecule has 0 aliphatic rings. The van der Waals surface area contributed by atoms with Gasteiger partial charge in [0.2, 0.25) is 5.78 Å². The van der Waals surface area contributed by atoms with Crippen LogP contribution in [0.25, 0.3) is 0 Å². The average Bonchev–Trinajstić information content (AvgIpc) is 2.87. The third-order valence-corrected chi connectivity index (χ3v) is 4.40. The van der Waals surface area contributed by atoms with Crippen molar-refractivity contribution in [2.75, 3.05) is 20.7 Å². The molecule has 0 unspecified atom stereocenters. The van der Waals surface area contributed by atoms with Crippen LogP contribution in [-0.2, 0) is 11.2 Å². The van der Waals surface area contributed by atoms with Gasteiger partial charge in [-0.05, 0) is 26.3 Å². The Bertz CT molecular complexity index is 748. The van der Waals surface area contributed by atoms with Crippen LogP contribution >= 0.6 is 0 Å². The van der Waals surface area contributed by atoms with Crippen molar-refractivity contribution in [1.29, 1.82) is 0 Å². The summed E-state index contributed by atoms with van der Waals surface area (Å²) in [6, 6.07) is 9.66. The van der Waals surface area contributed by atoms with Gasteiger partial charge in [-0.25, -0.2) is 4.79 Å². The highest BCUT2D eigenvalue weighted by Crippen LogP contribution is 2.22. The monoisotopic (exact) mass is 343 g/mol. The van der Waals surface area contributed by atoms with Gasteiger partial charge in [-0.15, -0.1) is 0 Å². The zero-order chi connectivity index (χ0) is 18.6. The molecule has 0 saturated heterocycles. The Hall–Kier alpha value is -2.40. The number of H-pyrrole nitrogens is 1. The fraction of sp³-hybridized carbons (Fsp3) is 0.400. The quantitative estimate of drug-likeness (QED) is 0.595. The predicted octanol–water partition coefficient (Wildman–Crippen LogP) is 1.75. The number of quaternary nitrogens is 1. The molecular formula is C20H27N2O3+. The number of likely N-dealkylation sites (N-methyl/N-ethyl adjacent to an activating group) is 1. The summed E-state index contributed by atoms with van der Waals surface area (Å²) in [5, 5.41) is 0. The fourth-order valence-corrected chi connectivity index (χ4v) is 3.13. The number of Topliss-reactive ketones (excluding diaryl/α,β-unsaturated/α-hetero) is 1. The average molecular weight is 343 g/mol. The van der Waals surface area contributed by atoms with Crippen molar-refractivity contribution in [3.63, 3.8) is 0 Å². The molecule has 1 aromatic heterocycles. The Morgan fingerprint density at radius 2 is 1.68 bits per heavy atom. The maximum absolute atomic E-state index is 13.3. The highest BCUT2D eigenvalue weighted by atomic mass is 16.5. The molecule has 2 N–H and O–H groups in total. The number of benzene rings is 1. The van der Waals surface area contributed by atoms with Crippen LogP contribution in [0.15, 0.2) is 30.3 Å². The highest BCUT2D eigenvalue weighted by Gasteiger charge is 2.33. The van der Waals surface area contributed by atoms with Crippen molar-refractivity contribution in [3.8, 4) is 0 Å². The fourth-order valence-electron chi connectivity index (χ4n) is 3.13. The molecule has 5 heteroatoms. The Morgan fingerprint density at radius 1 is 1.08 bits per heavy atom. The lowest BCUT2D eigenvalue weighted by Crippen LogP contribution is -3.11. The zero-order valence-corrected chi connectivity index (χ0v) is 15.6. The first-order chi connectivity index (χ1) is 11.9. The second-order valence-corrected chi connectivity index (χ2v) is 6.53. The van der Waals surface area contributed by atoms with Gasteiger partial charge in [-0.1, -0.05) is 30.3 Å². The number of aromatic nitrogens is 1. The molecule has 2 aromatic rings. The number of ether oxygens (including phenoxy) is 1. The van der Waals surface area contributed by atoms with Crippen molar-refractivity contribution < 1.29 is 19.2 Å². The number of aromatic amines is 1. The van der Waals surface area contributed by atoms with E-state index >= 15 is 0 Å². The number of rotatable bonds is 7. The van der Waals surface area contributed by atoms with Crippen LogP contribution in [0.1, 0.15) is 44.6 Å². The zero-order valence-electron chi connectivity index (χ0n) is 15.6. The lowest BCUT2D eigenvalue weighted by atomic mass is 9.94. The van der Waals surface area contributed by atoms with E-state index in [1.165, 1.54) is 0 Å². The molecule has 0 radical (unpaired) electrons. The van der Waals surface area contributed by atoms with Gasteiger partial charge in [0.25, 0.3) is 0 Å². The van der Waals surface area contributed by atoms with Crippen LogP contribution in [0.4, 0.5) is 0 Å². The summed E-state index contributed by atoms with van der Waals surface area (Å²) in [5.41, 5.74) is 3.31. The third kappa shape index (κ3) is 4.17. The lowest BCUT2D eigenvalue weighted by Gasteiger charge is -2.21. The van der Waals surface area contributed by atoms with Gasteiger partial charge in [0, 0.05) is 17.8 Å². The summed E-state index contributed by atoms with van der Waals surface area (Å²) >= 11 is 0. The Labute approximate surface area is 149 Å². The number of nitrogens with one attached hydrogen (secondary N) is 2. The second-order valence-electron chi connectivity index (χ2n) is 6.53. The molecule has 0 bridgehead atoms. The topological polar surface area (TPSA) is 63.6 Å². The van der Waals surface area contributed by atoms with Crippen molar-refractivity contribution in [3.05, 3.63) is 58.4 Å². The number of ketones is 1. The van der Waals surface area contributed by atoms with Crippen molar-refractivity contribution in [2.24, 2.45) is 0 Å². The molecule has 5 nitrogen and oxygen atoms in total. The third-order valence-electron chi connectivity index (χ3n) is 4.40. The molecule has 134 valence electrons. The van der Waals surface area contributed by atoms with Gasteiger partial charge in [-0.2, -0.15) is 0 Å². The smallest absolute Gasteiger partial charge is 0.340 e. The normalized spacial score (nSPS) is 12.2. The maximum Gasteiger partial charge on any atom is 0.340 e. The van der Waals surface area contributed by atoms with Crippen LogP contribution < -0.4 is 4.90 Å². The second kappa shape index (κ2) is 8.12. The SMILES string of the molecule is CCOC(=O)c1c(C)[nH]c(C)c1C(=O)[C@H](Cc1ccccc1)[NH+](C)C. The molecule has 2 rings (SSSR count). The van der Waals surface area contributed by atoms with Crippen LogP contribution in [0.3, 0.4) is 0 Å². The van der Waals surface area contributed by atoms with Crippen molar-refractivity contribution in [1.82, 2.24) is 4.98 Å². The summed E-state index contributed by atoms with van der Waals surface area (Å²) in [6.07, 6.45) is 0.619. The Balaban J connectivity index is 2.41. The molecule has 0 spiro atoms. The maximum atomic E-state index is 13.3. The summed E-state index contributed by atoms with van der Waals surface area (Å²) in [4.78, 5) is 29.8. The first kappa shape index (κ1) is 18.9.